The summed E-state index contributed by atoms with van der Waals surface area (Å²) in [6.45, 7) is 4.52. The molecule has 1 aliphatic carbocycles. The summed E-state index contributed by atoms with van der Waals surface area (Å²) in [6, 6.07) is 6.44. The van der Waals surface area contributed by atoms with Crippen LogP contribution in [0.15, 0.2) is 18.2 Å². The smallest absolute Gasteiger partial charge is 0.0349 e. The summed E-state index contributed by atoms with van der Waals surface area (Å²) in [7, 11) is 0. The van der Waals surface area contributed by atoms with Gasteiger partial charge in [-0.25, -0.2) is 0 Å². The fraction of sp³-hybridized carbons (Fsp3) is 0.571. The van der Waals surface area contributed by atoms with Crippen LogP contribution in [0.5, 0.6) is 0 Å². The van der Waals surface area contributed by atoms with Crippen LogP contribution < -0.4 is 5.73 Å². The van der Waals surface area contributed by atoms with Crippen molar-refractivity contribution >= 4 is 5.69 Å². The number of nitrogen functional groups attached to an aromatic ring is 1. The first-order valence-corrected chi connectivity index (χ1v) is 6.04. The second-order valence-corrected chi connectivity index (χ2v) is 5.00. The zero-order valence-corrected chi connectivity index (χ0v) is 9.79. The summed E-state index contributed by atoms with van der Waals surface area (Å²) in [4.78, 5) is 0. The van der Waals surface area contributed by atoms with E-state index >= 15 is 0 Å². The molecule has 2 rings (SSSR count). The van der Waals surface area contributed by atoms with Crippen molar-refractivity contribution in [3.8, 4) is 0 Å². The standard InChI is InChI=1S/C14H21N/c1-10-7-8-14(15)13(9-10)12-6-4-3-5-11(12)2/h7-9,11-12H,3-6,15H2,1-2H3/t11-,12+/m0/s1. The fourth-order valence-corrected chi connectivity index (χ4v) is 2.79. The Labute approximate surface area is 92.7 Å². The fourth-order valence-electron chi connectivity index (χ4n) is 2.79. The van der Waals surface area contributed by atoms with Gasteiger partial charge in [0.05, 0.1) is 0 Å². The van der Waals surface area contributed by atoms with E-state index in [4.69, 9.17) is 5.73 Å². The third-order valence-electron chi connectivity index (χ3n) is 3.75. The first-order chi connectivity index (χ1) is 7.18. The molecule has 1 saturated carbocycles. The Balaban J connectivity index is 2.30. The van der Waals surface area contributed by atoms with Crippen LogP contribution in [0.25, 0.3) is 0 Å². The summed E-state index contributed by atoms with van der Waals surface area (Å²) in [5.74, 6) is 1.49. The maximum Gasteiger partial charge on any atom is 0.0349 e. The highest BCUT2D eigenvalue weighted by Gasteiger charge is 2.24. The molecule has 1 fully saturated rings. The van der Waals surface area contributed by atoms with E-state index in [0.717, 1.165) is 11.6 Å². The van der Waals surface area contributed by atoms with Gasteiger partial charge in [-0.15, -0.1) is 0 Å². The van der Waals surface area contributed by atoms with Gasteiger partial charge in [0.25, 0.3) is 0 Å². The molecule has 1 aromatic rings. The number of hydrogen-bond acceptors (Lipinski definition) is 1. The van der Waals surface area contributed by atoms with E-state index in [1.165, 1.54) is 36.8 Å². The van der Waals surface area contributed by atoms with Crippen LogP contribution in [0, 0.1) is 12.8 Å². The van der Waals surface area contributed by atoms with E-state index < -0.39 is 0 Å². The largest absolute Gasteiger partial charge is 0.398 e. The Bertz CT molecular complexity index is 343. The third kappa shape index (κ3) is 2.17. The molecule has 0 bridgehead atoms. The van der Waals surface area contributed by atoms with Crippen LogP contribution >= 0.6 is 0 Å². The quantitative estimate of drug-likeness (QED) is 0.689. The third-order valence-corrected chi connectivity index (χ3v) is 3.75. The Hall–Kier alpha value is -0.980. The van der Waals surface area contributed by atoms with Crippen molar-refractivity contribution in [2.24, 2.45) is 5.92 Å². The molecule has 2 atom stereocenters. The number of aryl methyl sites for hydroxylation is 1. The van der Waals surface area contributed by atoms with Gasteiger partial charge in [0, 0.05) is 5.69 Å². The second-order valence-electron chi connectivity index (χ2n) is 5.00. The highest BCUT2D eigenvalue weighted by Crippen LogP contribution is 2.39. The monoisotopic (exact) mass is 203 g/mol. The topological polar surface area (TPSA) is 26.0 Å². The maximum absolute atomic E-state index is 6.08. The van der Waals surface area contributed by atoms with Crippen LogP contribution in [0.3, 0.4) is 0 Å². The molecule has 1 aromatic carbocycles. The minimum absolute atomic E-state index is 0.693. The molecule has 0 unspecified atom stereocenters. The molecule has 1 heteroatoms. The summed E-state index contributed by atoms with van der Waals surface area (Å²) in [5.41, 5.74) is 9.79. The molecule has 82 valence electrons. The number of nitrogens with two attached hydrogens (primary N) is 1. The van der Waals surface area contributed by atoms with Crippen molar-refractivity contribution in [3.63, 3.8) is 0 Å². The Morgan fingerprint density at radius 2 is 1.93 bits per heavy atom. The average Bonchev–Trinajstić information content (AvgIpc) is 2.23. The predicted octanol–water partition coefficient (Wildman–Crippen LogP) is 3.87. The van der Waals surface area contributed by atoms with Crippen molar-refractivity contribution in [2.75, 3.05) is 5.73 Å². The minimum Gasteiger partial charge on any atom is -0.398 e. The first-order valence-electron chi connectivity index (χ1n) is 6.04. The van der Waals surface area contributed by atoms with Crippen molar-refractivity contribution in [2.45, 2.75) is 45.4 Å². The van der Waals surface area contributed by atoms with Crippen LogP contribution in [0.2, 0.25) is 0 Å². The summed E-state index contributed by atoms with van der Waals surface area (Å²) in [5, 5.41) is 0. The van der Waals surface area contributed by atoms with E-state index in [2.05, 4.69) is 32.0 Å². The Kier molecular flexibility index (Phi) is 2.99. The Morgan fingerprint density at radius 3 is 2.67 bits per heavy atom. The lowest BCUT2D eigenvalue weighted by Crippen LogP contribution is -2.16. The van der Waals surface area contributed by atoms with E-state index in [1.54, 1.807) is 0 Å². The molecule has 0 amide bonds. The molecular weight excluding hydrogens is 182 g/mol. The van der Waals surface area contributed by atoms with Crippen LogP contribution in [-0.2, 0) is 0 Å². The van der Waals surface area contributed by atoms with Crippen LogP contribution in [-0.4, -0.2) is 0 Å². The van der Waals surface area contributed by atoms with Crippen molar-refractivity contribution in [3.05, 3.63) is 29.3 Å². The highest BCUT2D eigenvalue weighted by atomic mass is 14.6. The molecule has 1 nitrogen and oxygen atoms in total. The number of benzene rings is 1. The number of anilines is 1. The van der Waals surface area contributed by atoms with E-state index in [1.807, 2.05) is 0 Å². The molecule has 0 spiro atoms. The normalized spacial score (nSPS) is 26.5. The highest BCUT2D eigenvalue weighted by molar-refractivity contribution is 5.50. The summed E-state index contributed by atoms with van der Waals surface area (Å²) in [6.07, 6.45) is 5.43. The van der Waals surface area contributed by atoms with Crippen LogP contribution in [0.4, 0.5) is 5.69 Å². The lowest BCUT2D eigenvalue weighted by atomic mass is 9.76. The number of rotatable bonds is 1. The van der Waals surface area contributed by atoms with E-state index in [0.29, 0.717) is 5.92 Å². The number of hydrogen-bond donors (Lipinski definition) is 1. The van der Waals surface area contributed by atoms with Gasteiger partial charge in [-0.1, -0.05) is 43.9 Å². The molecule has 15 heavy (non-hydrogen) atoms. The molecule has 0 aliphatic heterocycles. The lowest BCUT2D eigenvalue weighted by Gasteiger charge is -2.30. The lowest BCUT2D eigenvalue weighted by molar-refractivity contribution is 0.331. The predicted molar refractivity (Wildman–Crippen MR) is 66.0 cm³/mol. The molecule has 0 radical (unpaired) electrons. The van der Waals surface area contributed by atoms with Gasteiger partial charge in [0.1, 0.15) is 0 Å². The van der Waals surface area contributed by atoms with Crippen molar-refractivity contribution in [1.29, 1.82) is 0 Å². The average molecular weight is 203 g/mol. The second kappa shape index (κ2) is 4.26. The van der Waals surface area contributed by atoms with E-state index in [9.17, 15) is 0 Å². The summed E-state index contributed by atoms with van der Waals surface area (Å²) < 4.78 is 0. The van der Waals surface area contributed by atoms with Crippen molar-refractivity contribution in [1.82, 2.24) is 0 Å². The molecule has 0 saturated heterocycles. The molecule has 0 heterocycles. The zero-order chi connectivity index (χ0) is 10.8. The van der Waals surface area contributed by atoms with Gasteiger partial charge >= 0.3 is 0 Å². The van der Waals surface area contributed by atoms with Gasteiger partial charge in [0.15, 0.2) is 0 Å². The minimum atomic E-state index is 0.693. The van der Waals surface area contributed by atoms with E-state index in [-0.39, 0.29) is 0 Å². The molecule has 0 aromatic heterocycles. The SMILES string of the molecule is Cc1ccc(N)c([C@@H]2CCCC[C@@H]2C)c1. The molecular formula is C14H21N. The van der Waals surface area contributed by atoms with Crippen LogP contribution in [0.1, 0.15) is 49.7 Å². The first kappa shape index (κ1) is 10.5. The van der Waals surface area contributed by atoms with Crippen molar-refractivity contribution < 1.29 is 0 Å². The van der Waals surface area contributed by atoms with Gasteiger partial charge < -0.3 is 5.73 Å². The maximum atomic E-state index is 6.08. The summed E-state index contributed by atoms with van der Waals surface area (Å²) >= 11 is 0. The van der Waals surface area contributed by atoms with Gasteiger partial charge in [0.2, 0.25) is 0 Å². The Morgan fingerprint density at radius 1 is 1.20 bits per heavy atom. The molecule has 1 aliphatic rings. The van der Waals surface area contributed by atoms with Gasteiger partial charge in [-0.05, 0) is 36.8 Å². The van der Waals surface area contributed by atoms with Gasteiger partial charge in [-0.3, -0.25) is 0 Å². The van der Waals surface area contributed by atoms with Gasteiger partial charge in [-0.2, -0.15) is 0 Å². The molecule has 2 N–H and O–H groups in total. The zero-order valence-electron chi connectivity index (χ0n) is 9.79.